The van der Waals surface area contributed by atoms with Gasteiger partial charge in [0.05, 0.1) is 11.9 Å². The van der Waals surface area contributed by atoms with Gasteiger partial charge in [-0.05, 0) is 10.4 Å². The lowest BCUT2D eigenvalue weighted by Crippen LogP contribution is -2.02. The van der Waals surface area contributed by atoms with Crippen molar-refractivity contribution in [1.29, 1.82) is 0 Å². The van der Waals surface area contributed by atoms with Gasteiger partial charge in [-0.15, -0.1) is 10.2 Å². The van der Waals surface area contributed by atoms with E-state index in [4.69, 9.17) is 5.73 Å². The van der Waals surface area contributed by atoms with Crippen LogP contribution in [-0.2, 0) is 6.54 Å². The fourth-order valence-electron chi connectivity index (χ4n) is 0.312. The SMILES string of the molecule is NCc1cnnnn1. The van der Waals surface area contributed by atoms with Gasteiger partial charge in [0.2, 0.25) is 0 Å². The second kappa shape index (κ2) is 2.27. The number of aromatic nitrogens is 4. The summed E-state index contributed by atoms with van der Waals surface area (Å²) in [4.78, 5) is 0. The summed E-state index contributed by atoms with van der Waals surface area (Å²) in [5.74, 6) is 0. The van der Waals surface area contributed by atoms with E-state index in [1.54, 1.807) is 0 Å². The Bertz CT molecular complexity index is 149. The van der Waals surface area contributed by atoms with Gasteiger partial charge < -0.3 is 5.73 Å². The second-order valence-electron chi connectivity index (χ2n) is 1.22. The molecule has 8 heavy (non-hydrogen) atoms. The summed E-state index contributed by atoms with van der Waals surface area (Å²) in [5, 5.41) is 13.5. The van der Waals surface area contributed by atoms with E-state index in [2.05, 4.69) is 20.6 Å². The normalized spacial score (nSPS) is 9.12. The molecule has 1 aromatic heterocycles. The zero-order chi connectivity index (χ0) is 5.82. The smallest absolute Gasteiger partial charge is 0.0986 e. The minimum atomic E-state index is 0.364. The molecule has 0 aliphatic carbocycles. The Morgan fingerprint density at radius 1 is 1.50 bits per heavy atom. The molecule has 0 bridgehead atoms. The van der Waals surface area contributed by atoms with E-state index in [-0.39, 0.29) is 0 Å². The first kappa shape index (κ1) is 5.04. The molecule has 5 heteroatoms. The topological polar surface area (TPSA) is 77.6 Å². The molecule has 0 saturated heterocycles. The van der Waals surface area contributed by atoms with Gasteiger partial charge in [0.1, 0.15) is 0 Å². The van der Waals surface area contributed by atoms with E-state index in [9.17, 15) is 0 Å². The maximum atomic E-state index is 5.18. The number of nitrogens with zero attached hydrogens (tertiary/aromatic N) is 4. The third kappa shape index (κ3) is 0.941. The van der Waals surface area contributed by atoms with Crippen molar-refractivity contribution < 1.29 is 0 Å². The van der Waals surface area contributed by atoms with Crippen LogP contribution >= 0.6 is 0 Å². The van der Waals surface area contributed by atoms with Crippen LogP contribution in [0.3, 0.4) is 0 Å². The molecule has 0 aliphatic rings. The average Bonchev–Trinajstić information content (AvgIpc) is 1.90. The lowest BCUT2D eigenvalue weighted by Gasteiger charge is -1.85. The summed E-state index contributed by atoms with van der Waals surface area (Å²) in [6, 6.07) is 0. The number of nitrogens with two attached hydrogens (primary N) is 1. The quantitative estimate of drug-likeness (QED) is 0.488. The van der Waals surface area contributed by atoms with Gasteiger partial charge in [-0.2, -0.15) is 0 Å². The summed E-state index contributed by atoms with van der Waals surface area (Å²) in [7, 11) is 0. The third-order valence-electron chi connectivity index (χ3n) is 0.681. The summed E-state index contributed by atoms with van der Waals surface area (Å²) in [6.45, 7) is 0.364. The fourth-order valence-corrected chi connectivity index (χ4v) is 0.312. The summed E-state index contributed by atoms with van der Waals surface area (Å²) in [6.07, 6.45) is 1.48. The predicted octanol–water partition coefficient (Wildman–Crippen LogP) is -1.27. The van der Waals surface area contributed by atoms with Crippen LogP contribution < -0.4 is 5.73 Å². The summed E-state index contributed by atoms with van der Waals surface area (Å²) >= 11 is 0. The zero-order valence-corrected chi connectivity index (χ0v) is 4.15. The minimum absolute atomic E-state index is 0.364. The molecule has 0 unspecified atom stereocenters. The Hall–Kier alpha value is -1.10. The van der Waals surface area contributed by atoms with Crippen LogP contribution in [0.1, 0.15) is 5.69 Å². The molecule has 0 fully saturated rings. The van der Waals surface area contributed by atoms with Crippen molar-refractivity contribution in [3.63, 3.8) is 0 Å². The maximum absolute atomic E-state index is 5.18. The highest BCUT2D eigenvalue weighted by atomic mass is 15.4. The van der Waals surface area contributed by atoms with E-state index < -0.39 is 0 Å². The van der Waals surface area contributed by atoms with Crippen LogP contribution in [0.25, 0.3) is 0 Å². The first-order valence-electron chi connectivity index (χ1n) is 2.13. The van der Waals surface area contributed by atoms with E-state index in [0.29, 0.717) is 12.2 Å². The molecule has 2 N–H and O–H groups in total. The van der Waals surface area contributed by atoms with Crippen molar-refractivity contribution >= 4 is 0 Å². The lowest BCUT2D eigenvalue weighted by molar-refractivity contribution is 0.721. The first-order chi connectivity index (χ1) is 3.93. The molecular weight excluding hydrogens is 106 g/mol. The maximum Gasteiger partial charge on any atom is 0.0986 e. The van der Waals surface area contributed by atoms with Gasteiger partial charge in [-0.3, -0.25) is 0 Å². The molecule has 0 radical (unpaired) electrons. The zero-order valence-electron chi connectivity index (χ0n) is 4.15. The molecule has 1 rings (SSSR count). The van der Waals surface area contributed by atoms with Crippen molar-refractivity contribution in [2.24, 2.45) is 5.73 Å². The van der Waals surface area contributed by atoms with Crippen molar-refractivity contribution in [3.05, 3.63) is 11.9 Å². The van der Waals surface area contributed by atoms with E-state index in [1.165, 1.54) is 6.20 Å². The molecule has 0 amide bonds. The second-order valence-corrected chi connectivity index (χ2v) is 1.22. The van der Waals surface area contributed by atoms with Gasteiger partial charge in [0.15, 0.2) is 0 Å². The van der Waals surface area contributed by atoms with Gasteiger partial charge in [0, 0.05) is 6.54 Å². The Morgan fingerprint density at radius 2 is 2.38 bits per heavy atom. The van der Waals surface area contributed by atoms with E-state index in [1.807, 2.05) is 0 Å². The monoisotopic (exact) mass is 111 g/mol. The van der Waals surface area contributed by atoms with Crippen LogP contribution in [0.4, 0.5) is 0 Å². The predicted molar refractivity (Wildman–Crippen MR) is 25.5 cm³/mol. The third-order valence-corrected chi connectivity index (χ3v) is 0.681. The lowest BCUT2D eigenvalue weighted by atomic mass is 10.5. The summed E-state index contributed by atoms with van der Waals surface area (Å²) in [5.41, 5.74) is 5.83. The first-order valence-corrected chi connectivity index (χ1v) is 2.13. The molecule has 5 nitrogen and oxygen atoms in total. The minimum Gasteiger partial charge on any atom is -0.325 e. The van der Waals surface area contributed by atoms with Crippen LogP contribution in [0, 0.1) is 0 Å². The standard InChI is InChI=1S/C3H5N5/c4-1-3-2-5-7-8-6-3/h2H,1,4H2. The molecular formula is C3H5N5. The molecule has 1 heterocycles. The highest BCUT2D eigenvalue weighted by Crippen LogP contribution is 1.79. The fraction of sp³-hybridized carbons (Fsp3) is 0.333. The largest absolute Gasteiger partial charge is 0.325 e. The van der Waals surface area contributed by atoms with Crippen molar-refractivity contribution in [1.82, 2.24) is 20.6 Å². The number of rotatable bonds is 1. The van der Waals surface area contributed by atoms with E-state index >= 15 is 0 Å². The van der Waals surface area contributed by atoms with Crippen molar-refractivity contribution in [3.8, 4) is 0 Å². The molecule has 0 aliphatic heterocycles. The number of hydrogen-bond acceptors (Lipinski definition) is 5. The molecule has 42 valence electrons. The van der Waals surface area contributed by atoms with Gasteiger partial charge in [-0.25, -0.2) is 0 Å². The molecule has 0 spiro atoms. The number of hydrogen-bond donors (Lipinski definition) is 1. The Kier molecular flexibility index (Phi) is 1.43. The van der Waals surface area contributed by atoms with Crippen LogP contribution in [-0.4, -0.2) is 20.6 Å². The molecule has 0 saturated carbocycles. The molecule has 1 aromatic rings. The van der Waals surface area contributed by atoms with Crippen molar-refractivity contribution in [2.75, 3.05) is 0 Å². The van der Waals surface area contributed by atoms with Gasteiger partial charge in [-0.1, -0.05) is 0 Å². The summed E-state index contributed by atoms with van der Waals surface area (Å²) < 4.78 is 0. The molecule has 0 atom stereocenters. The van der Waals surface area contributed by atoms with Crippen LogP contribution in [0.2, 0.25) is 0 Å². The average molecular weight is 111 g/mol. The Labute approximate surface area is 45.9 Å². The van der Waals surface area contributed by atoms with Crippen LogP contribution in [0.15, 0.2) is 6.20 Å². The Balaban J connectivity index is 2.83. The molecule has 0 aromatic carbocycles. The van der Waals surface area contributed by atoms with E-state index in [0.717, 1.165) is 0 Å². The van der Waals surface area contributed by atoms with Crippen LogP contribution in [0.5, 0.6) is 0 Å². The Morgan fingerprint density at radius 3 is 2.75 bits per heavy atom. The van der Waals surface area contributed by atoms with Gasteiger partial charge >= 0.3 is 0 Å². The highest BCUT2D eigenvalue weighted by molar-refractivity contribution is 4.86. The van der Waals surface area contributed by atoms with Gasteiger partial charge in [0.25, 0.3) is 0 Å². The van der Waals surface area contributed by atoms with Crippen molar-refractivity contribution in [2.45, 2.75) is 6.54 Å². The highest BCUT2D eigenvalue weighted by Gasteiger charge is 1.85.